The number of rotatable bonds is 4. The smallest absolute Gasteiger partial charge is 0.162 e. The molecule has 0 amide bonds. The van der Waals surface area contributed by atoms with E-state index in [0.717, 1.165) is 19.3 Å². The van der Waals surface area contributed by atoms with Gasteiger partial charge in [-0.2, -0.15) is 0 Å². The number of phenolic OH excluding ortho intramolecular Hbond substituents is 2. The van der Waals surface area contributed by atoms with Crippen LogP contribution in [0.5, 0.6) is 11.5 Å². The van der Waals surface area contributed by atoms with Gasteiger partial charge in [0, 0.05) is 11.6 Å². The lowest BCUT2D eigenvalue weighted by molar-refractivity contribution is 0.394. The molecule has 4 heteroatoms. The van der Waals surface area contributed by atoms with Crippen LogP contribution in [-0.4, -0.2) is 10.2 Å². The molecular formula is C11H18ClNO2. The van der Waals surface area contributed by atoms with Gasteiger partial charge in [-0.25, -0.2) is 0 Å². The van der Waals surface area contributed by atoms with Gasteiger partial charge in [-0.15, -0.1) is 12.4 Å². The molecule has 0 aliphatic rings. The highest BCUT2D eigenvalue weighted by molar-refractivity contribution is 5.85. The van der Waals surface area contributed by atoms with Crippen molar-refractivity contribution in [2.45, 2.75) is 32.2 Å². The zero-order chi connectivity index (χ0) is 10.6. The minimum absolute atomic E-state index is 0. The molecule has 0 heterocycles. The molecule has 0 spiro atoms. The number of aromatic hydroxyl groups is 2. The van der Waals surface area contributed by atoms with Crippen molar-refractivity contribution in [2.24, 2.45) is 5.73 Å². The van der Waals surface area contributed by atoms with Crippen LogP contribution in [0.1, 0.15) is 37.8 Å². The first-order chi connectivity index (χ1) is 6.66. The monoisotopic (exact) mass is 231 g/mol. The van der Waals surface area contributed by atoms with Gasteiger partial charge < -0.3 is 15.9 Å². The van der Waals surface area contributed by atoms with E-state index >= 15 is 0 Å². The largest absolute Gasteiger partial charge is 0.504 e. The second-order valence-electron chi connectivity index (χ2n) is 3.46. The lowest BCUT2D eigenvalue weighted by Gasteiger charge is -2.13. The lowest BCUT2D eigenvalue weighted by atomic mass is 10.0. The molecule has 0 radical (unpaired) electrons. The highest BCUT2D eigenvalue weighted by Crippen LogP contribution is 2.33. The summed E-state index contributed by atoms with van der Waals surface area (Å²) in [7, 11) is 0. The molecular weight excluding hydrogens is 214 g/mol. The summed E-state index contributed by atoms with van der Waals surface area (Å²) in [6, 6.07) is 4.69. The van der Waals surface area contributed by atoms with Crippen molar-refractivity contribution in [1.29, 1.82) is 0 Å². The molecule has 0 aliphatic carbocycles. The SMILES string of the molecule is CCCC[C@H](N)c1cccc(O)c1O.Cl. The Hall–Kier alpha value is -0.930. The Kier molecular flexibility index (Phi) is 6.13. The average molecular weight is 232 g/mol. The third-order valence-corrected chi connectivity index (χ3v) is 2.31. The van der Waals surface area contributed by atoms with Crippen molar-refractivity contribution in [2.75, 3.05) is 0 Å². The van der Waals surface area contributed by atoms with E-state index in [2.05, 4.69) is 6.92 Å². The number of halogens is 1. The van der Waals surface area contributed by atoms with Gasteiger partial charge in [-0.3, -0.25) is 0 Å². The van der Waals surface area contributed by atoms with Crippen LogP contribution in [-0.2, 0) is 0 Å². The Morgan fingerprint density at radius 2 is 2.00 bits per heavy atom. The van der Waals surface area contributed by atoms with Gasteiger partial charge in [-0.1, -0.05) is 31.9 Å². The summed E-state index contributed by atoms with van der Waals surface area (Å²) in [5.74, 6) is -0.189. The quantitative estimate of drug-likeness (QED) is 0.698. The summed E-state index contributed by atoms with van der Waals surface area (Å²) in [6.45, 7) is 2.09. The van der Waals surface area contributed by atoms with Crippen molar-refractivity contribution < 1.29 is 10.2 Å². The Labute approximate surface area is 96.3 Å². The first-order valence-corrected chi connectivity index (χ1v) is 4.93. The van der Waals surface area contributed by atoms with Gasteiger partial charge in [0.1, 0.15) is 0 Å². The molecule has 0 aliphatic heterocycles. The van der Waals surface area contributed by atoms with Gasteiger partial charge in [0.25, 0.3) is 0 Å². The van der Waals surface area contributed by atoms with Crippen LogP contribution in [0, 0.1) is 0 Å². The molecule has 3 nitrogen and oxygen atoms in total. The van der Waals surface area contributed by atoms with E-state index < -0.39 is 0 Å². The fraction of sp³-hybridized carbons (Fsp3) is 0.455. The Morgan fingerprint density at radius 1 is 1.33 bits per heavy atom. The maximum absolute atomic E-state index is 9.54. The second-order valence-corrected chi connectivity index (χ2v) is 3.46. The number of phenols is 2. The van der Waals surface area contributed by atoms with Crippen molar-refractivity contribution in [3.8, 4) is 11.5 Å². The zero-order valence-electron chi connectivity index (χ0n) is 8.81. The minimum Gasteiger partial charge on any atom is -0.504 e. The topological polar surface area (TPSA) is 66.5 Å². The molecule has 0 fully saturated rings. The third-order valence-electron chi connectivity index (χ3n) is 2.31. The highest BCUT2D eigenvalue weighted by Gasteiger charge is 2.12. The third kappa shape index (κ3) is 3.61. The van der Waals surface area contributed by atoms with E-state index in [9.17, 15) is 10.2 Å². The van der Waals surface area contributed by atoms with Gasteiger partial charge in [0.15, 0.2) is 11.5 Å². The standard InChI is InChI=1S/C11H17NO2.ClH/c1-2-3-6-9(12)8-5-4-7-10(13)11(8)14;/h4-5,7,9,13-14H,2-3,6,12H2,1H3;1H/t9-;/m0./s1. The molecule has 1 rings (SSSR count). The van der Waals surface area contributed by atoms with Crippen molar-refractivity contribution in [3.05, 3.63) is 23.8 Å². The molecule has 0 saturated heterocycles. The molecule has 1 aromatic rings. The number of unbranched alkanes of at least 4 members (excludes halogenated alkanes) is 1. The zero-order valence-corrected chi connectivity index (χ0v) is 9.63. The summed E-state index contributed by atoms with van der Waals surface area (Å²) < 4.78 is 0. The summed E-state index contributed by atoms with van der Waals surface area (Å²) in [5, 5.41) is 18.8. The fourth-order valence-electron chi connectivity index (χ4n) is 1.43. The van der Waals surface area contributed by atoms with Gasteiger partial charge in [-0.05, 0) is 12.5 Å². The fourth-order valence-corrected chi connectivity index (χ4v) is 1.43. The summed E-state index contributed by atoms with van der Waals surface area (Å²) >= 11 is 0. The first-order valence-electron chi connectivity index (χ1n) is 4.93. The normalized spacial score (nSPS) is 11.9. The number of para-hydroxylation sites is 1. The number of hydrogen-bond acceptors (Lipinski definition) is 3. The average Bonchev–Trinajstić information content (AvgIpc) is 2.18. The predicted octanol–water partition coefficient (Wildman–Crippen LogP) is 2.71. The predicted molar refractivity (Wildman–Crippen MR) is 63.5 cm³/mol. The van der Waals surface area contributed by atoms with Gasteiger partial charge in [0.05, 0.1) is 0 Å². The van der Waals surface area contributed by atoms with Crippen LogP contribution in [0.3, 0.4) is 0 Å². The van der Waals surface area contributed by atoms with E-state index in [-0.39, 0.29) is 29.9 Å². The molecule has 1 atom stereocenters. The Bertz CT molecular complexity index is 305. The van der Waals surface area contributed by atoms with E-state index in [4.69, 9.17) is 5.73 Å². The Balaban J connectivity index is 0.00000196. The molecule has 0 saturated carbocycles. The van der Waals surface area contributed by atoms with Crippen LogP contribution in [0.4, 0.5) is 0 Å². The number of benzene rings is 1. The van der Waals surface area contributed by atoms with Crippen LogP contribution in [0.2, 0.25) is 0 Å². The van der Waals surface area contributed by atoms with Crippen molar-refractivity contribution >= 4 is 12.4 Å². The first kappa shape index (κ1) is 14.1. The minimum atomic E-state index is -0.193. The molecule has 0 aromatic heterocycles. The maximum atomic E-state index is 9.54. The lowest BCUT2D eigenvalue weighted by Crippen LogP contribution is -2.10. The molecule has 0 unspecified atom stereocenters. The van der Waals surface area contributed by atoms with Crippen LogP contribution in [0.15, 0.2) is 18.2 Å². The van der Waals surface area contributed by atoms with E-state index in [1.165, 1.54) is 6.07 Å². The molecule has 4 N–H and O–H groups in total. The maximum Gasteiger partial charge on any atom is 0.162 e. The summed E-state index contributed by atoms with van der Waals surface area (Å²) in [6.07, 6.45) is 2.93. The van der Waals surface area contributed by atoms with Crippen molar-refractivity contribution in [3.63, 3.8) is 0 Å². The highest BCUT2D eigenvalue weighted by atomic mass is 35.5. The number of nitrogens with two attached hydrogens (primary N) is 1. The van der Waals surface area contributed by atoms with Crippen LogP contribution >= 0.6 is 12.4 Å². The summed E-state index contributed by atoms with van der Waals surface area (Å²) in [5.41, 5.74) is 6.50. The van der Waals surface area contributed by atoms with E-state index in [0.29, 0.717) is 5.56 Å². The van der Waals surface area contributed by atoms with E-state index in [1.54, 1.807) is 12.1 Å². The van der Waals surface area contributed by atoms with Crippen LogP contribution < -0.4 is 5.73 Å². The van der Waals surface area contributed by atoms with Gasteiger partial charge in [0.2, 0.25) is 0 Å². The van der Waals surface area contributed by atoms with Crippen LogP contribution in [0.25, 0.3) is 0 Å². The molecule has 0 bridgehead atoms. The van der Waals surface area contributed by atoms with Gasteiger partial charge >= 0.3 is 0 Å². The Morgan fingerprint density at radius 3 is 2.60 bits per heavy atom. The molecule has 1 aromatic carbocycles. The number of hydrogen-bond donors (Lipinski definition) is 3. The van der Waals surface area contributed by atoms with E-state index in [1.807, 2.05) is 0 Å². The summed E-state index contributed by atoms with van der Waals surface area (Å²) in [4.78, 5) is 0. The van der Waals surface area contributed by atoms with Crippen molar-refractivity contribution in [1.82, 2.24) is 0 Å². The second kappa shape index (κ2) is 6.53. The molecule has 15 heavy (non-hydrogen) atoms. The molecule has 86 valence electrons.